The molecule has 2 rings (SSSR count). The van der Waals surface area contributed by atoms with Crippen molar-refractivity contribution >= 4 is 27.7 Å². The number of nitrogens with zero attached hydrogens (tertiary/aromatic N) is 1. The van der Waals surface area contributed by atoms with Crippen molar-refractivity contribution in [3.8, 4) is 5.75 Å². The van der Waals surface area contributed by atoms with E-state index in [9.17, 15) is 13.2 Å². The lowest BCUT2D eigenvalue weighted by Gasteiger charge is -2.15. The van der Waals surface area contributed by atoms with Crippen LogP contribution in [-0.4, -0.2) is 39.8 Å². The molecule has 2 aromatic carbocycles. The standard InChI is InChI=1S/C20H24N2O4S/c1-5-15-6-8-16(9-7-15)10-13-20(23)21-17-11-12-18(26-4)19(14-17)27(24,25)22(2)3/h6-14H,5H2,1-4H3,(H,21,23)/b13-10+. The number of carbonyl (C=O) groups is 1. The van der Waals surface area contributed by atoms with Gasteiger partial charge in [0.05, 0.1) is 7.11 Å². The smallest absolute Gasteiger partial charge is 0.248 e. The average molecular weight is 388 g/mol. The van der Waals surface area contributed by atoms with Gasteiger partial charge in [-0.25, -0.2) is 12.7 Å². The van der Waals surface area contributed by atoms with Crippen molar-refractivity contribution in [3.63, 3.8) is 0 Å². The Hall–Kier alpha value is -2.64. The second-order valence-corrected chi connectivity index (χ2v) is 8.19. The molecule has 0 saturated carbocycles. The molecule has 7 heteroatoms. The minimum absolute atomic E-state index is 0.00747. The van der Waals surface area contributed by atoms with Crippen molar-refractivity contribution in [1.82, 2.24) is 4.31 Å². The lowest BCUT2D eigenvalue weighted by Crippen LogP contribution is -2.23. The van der Waals surface area contributed by atoms with Crippen LogP contribution in [0.4, 0.5) is 5.69 Å². The van der Waals surface area contributed by atoms with Crippen molar-refractivity contribution in [2.75, 3.05) is 26.5 Å². The number of carbonyl (C=O) groups excluding carboxylic acids is 1. The molecule has 1 amide bonds. The molecule has 0 atom stereocenters. The first-order chi connectivity index (χ1) is 12.8. The first-order valence-electron chi connectivity index (χ1n) is 8.46. The number of amides is 1. The number of rotatable bonds is 7. The van der Waals surface area contributed by atoms with Crippen molar-refractivity contribution in [2.24, 2.45) is 0 Å². The maximum Gasteiger partial charge on any atom is 0.248 e. The molecule has 0 aromatic heterocycles. The summed E-state index contributed by atoms with van der Waals surface area (Å²) < 4.78 is 31.1. The molecular formula is C20H24N2O4S. The number of methoxy groups -OCH3 is 1. The van der Waals surface area contributed by atoms with Crippen molar-refractivity contribution in [2.45, 2.75) is 18.2 Å². The number of benzene rings is 2. The number of hydrogen-bond acceptors (Lipinski definition) is 4. The number of ether oxygens (including phenoxy) is 1. The van der Waals surface area contributed by atoms with Crippen LogP contribution in [0.2, 0.25) is 0 Å². The maximum absolute atomic E-state index is 12.4. The van der Waals surface area contributed by atoms with Crippen LogP contribution in [0.1, 0.15) is 18.1 Å². The second kappa shape index (κ2) is 8.83. The van der Waals surface area contributed by atoms with Crippen LogP contribution in [0.15, 0.2) is 53.4 Å². The van der Waals surface area contributed by atoms with E-state index < -0.39 is 10.0 Å². The highest BCUT2D eigenvalue weighted by molar-refractivity contribution is 7.89. The molecule has 0 bridgehead atoms. The lowest BCUT2D eigenvalue weighted by molar-refractivity contribution is -0.111. The van der Waals surface area contributed by atoms with E-state index in [1.165, 1.54) is 45.0 Å². The SMILES string of the molecule is CCc1ccc(/C=C/C(=O)Nc2ccc(OC)c(S(=O)(=O)N(C)C)c2)cc1. The fraction of sp³-hybridized carbons (Fsp3) is 0.250. The van der Waals surface area contributed by atoms with E-state index in [2.05, 4.69) is 12.2 Å². The number of sulfonamides is 1. The van der Waals surface area contributed by atoms with Gasteiger partial charge in [-0.2, -0.15) is 0 Å². The van der Waals surface area contributed by atoms with Gasteiger partial charge in [-0.1, -0.05) is 31.2 Å². The summed E-state index contributed by atoms with van der Waals surface area (Å²) in [7, 11) is 0.571. The largest absolute Gasteiger partial charge is 0.495 e. The number of aryl methyl sites for hydroxylation is 1. The molecule has 0 aliphatic heterocycles. The van der Waals surface area contributed by atoms with Gasteiger partial charge < -0.3 is 10.1 Å². The van der Waals surface area contributed by atoms with E-state index in [1.54, 1.807) is 12.1 Å². The van der Waals surface area contributed by atoms with Crippen LogP contribution < -0.4 is 10.1 Å². The number of nitrogens with one attached hydrogen (secondary N) is 1. The molecular weight excluding hydrogens is 364 g/mol. The molecule has 0 aliphatic carbocycles. The van der Waals surface area contributed by atoms with Gasteiger partial charge in [-0.05, 0) is 41.8 Å². The Kier molecular flexibility index (Phi) is 6.76. The summed E-state index contributed by atoms with van der Waals surface area (Å²) in [4.78, 5) is 12.2. The topological polar surface area (TPSA) is 75.7 Å². The Balaban J connectivity index is 2.18. The fourth-order valence-electron chi connectivity index (χ4n) is 2.37. The summed E-state index contributed by atoms with van der Waals surface area (Å²) in [6, 6.07) is 12.4. The highest BCUT2D eigenvalue weighted by Crippen LogP contribution is 2.28. The molecule has 0 aliphatic rings. The third-order valence-corrected chi connectivity index (χ3v) is 5.84. The molecule has 27 heavy (non-hydrogen) atoms. The van der Waals surface area contributed by atoms with E-state index in [0.29, 0.717) is 5.69 Å². The maximum atomic E-state index is 12.4. The van der Waals surface area contributed by atoms with Crippen LogP contribution in [0.25, 0.3) is 6.08 Å². The summed E-state index contributed by atoms with van der Waals surface area (Å²) in [6.07, 6.45) is 4.07. The second-order valence-electron chi connectivity index (χ2n) is 6.07. The zero-order valence-electron chi connectivity index (χ0n) is 15.9. The van der Waals surface area contributed by atoms with E-state index in [-0.39, 0.29) is 16.6 Å². The lowest BCUT2D eigenvalue weighted by atomic mass is 10.1. The molecule has 0 fully saturated rings. The quantitative estimate of drug-likeness (QED) is 0.739. The van der Waals surface area contributed by atoms with Crippen LogP contribution in [0, 0.1) is 0 Å². The summed E-state index contributed by atoms with van der Waals surface area (Å²) in [5, 5.41) is 2.67. The molecule has 0 radical (unpaired) electrons. The monoisotopic (exact) mass is 388 g/mol. The summed E-state index contributed by atoms with van der Waals surface area (Å²) in [5.74, 6) is -0.138. The first kappa shape index (κ1) is 20.7. The Labute approximate surface area is 160 Å². The van der Waals surface area contributed by atoms with Crippen molar-refractivity contribution in [1.29, 1.82) is 0 Å². The molecule has 0 unspecified atom stereocenters. The Morgan fingerprint density at radius 2 is 1.81 bits per heavy atom. The molecule has 0 saturated heterocycles. The summed E-state index contributed by atoms with van der Waals surface area (Å²) >= 11 is 0. The van der Waals surface area contributed by atoms with Gasteiger partial charge in [0.25, 0.3) is 0 Å². The Morgan fingerprint density at radius 3 is 2.37 bits per heavy atom. The van der Waals surface area contributed by atoms with E-state index >= 15 is 0 Å². The highest BCUT2D eigenvalue weighted by atomic mass is 32.2. The predicted octanol–water partition coefficient (Wildman–Crippen LogP) is 3.16. The zero-order chi connectivity index (χ0) is 20.0. The van der Waals surface area contributed by atoms with E-state index in [1.807, 2.05) is 24.3 Å². The van der Waals surface area contributed by atoms with Gasteiger partial charge in [-0.3, -0.25) is 4.79 Å². The third kappa shape index (κ3) is 5.18. The molecule has 0 heterocycles. The van der Waals surface area contributed by atoms with Crippen LogP contribution in [0.5, 0.6) is 5.75 Å². The molecule has 1 N–H and O–H groups in total. The number of hydrogen-bond donors (Lipinski definition) is 1. The van der Waals surface area contributed by atoms with E-state index in [0.717, 1.165) is 16.3 Å². The summed E-state index contributed by atoms with van der Waals surface area (Å²) in [5.41, 5.74) is 2.50. The molecule has 144 valence electrons. The first-order valence-corrected chi connectivity index (χ1v) is 9.90. The highest BCUT2D eigenvalue weighted by Gasteiger charge is 2.22. The Morgan fingerprint density at radius 1 is 1.15 bits per heavy atom. The van der Waals surface area contributed by atoms with Gasteiger partial charge in [0.2, 0.25) is 15.9 Å². The van der Waals surface area contributed by atoms with Crippen LogP contribution in [-0.2, 0) is 21.2 Å². The van der Waals surface area contributed by atoms with E-state index in [4.69, 9.17) is 4.74 Å². The molecule has 0 spiro atoms. The van der Waals surface area contributed by atoms with Crippen LogP contribution in [0.3, 0.4) is 0 Å². The van der Waals surface area contributed by atoms with Crippen LogP contribution >= 0.6 is 0 Å². The Bertz CT molecular complexity index is 933. The predicted molar refractivity (Wildman–Crippen MR) is 107 cm³/mol. The van der Waals surface area contributed by atoms with Crippen molar-refractivity contribution < 1.29 is 17.9 Å². The summed E-state index contributed by atoms with van der Waals surface area (Å²) in [6.45, 7) is 2.08. The average Bonchev–Trinajstić information content (AvgIpc) is 2.66. The normalized spacial score (nSPS) is 11.7. The van der Waals surface area contributed by atoms with Gasteiger partial charge in [0.1, 0.15) is 10.6 Å². The van der Waals surface area contributed by atoms with Gasteiger partial charge in [0, 0.05) is 25.9 Å². The minimum Gasteiger partial charge on any atom is -0.495 e. The number of anilines is 1. The fourth-order valence-corrected chi connectivity index (χ4v) is 3.45. The minimum atomic E-state index is -3.70. The van der Waals surface area contributed by atoms with Gasteiger partial charge >= 0.3 is 0 Å². The third-order valence-electron chi connectivity index (χ3n) is 4.00. The zero-order valence-corrected chi connectivity index (χ0v) is 16.7. The van der Waals surface area contributed by atoms with Gasteiger partial charge in [-0.15, -0.1) is 0 Å². The van der Waals surface area contributed by atoms with Gasteiger partial charge in [0.15, 0.2) is 0 Å². The van der Waals surface area contributed by atoms with Crippen molar-refractivity contribution in [3.05, 3.63) is 59.7 Å². The molecule has 6 nitrogen and oxygen atoms in total. The molecule has 2 aromatic rings.